The largest absolute Gasteiger partial charge is 0.388 e. The first kappa shape index (κ1) is 12.9. The molecule has 18 heavy (non-hydrogen) atoms. The summed E-state index contributed by atoms with van der Waals surface area (Å²) in [4.78, 5) is 12.1. The van der Waals surface area contributed by atoms with Gasteiger partial charge < -0.3 is 10.6 Å². The number of thiocarbonyl (C=S) groups is 1. The zero-order chi connectivity index (χ0) is 13.1. The number of aromatic nitrogens is 2. The Hall–Kier alpha value is -1.53. The van der Waals surface area contributed by atoms with Gasteiger partial charge in [-0.2, -0.15) is 0 Å². The SMILES string of the molecule is Cc1ncsc1CN(C)c1ccnc(C(N)=S)c1. The minimum absolute atomic E-state index is 0.319. The van der Waals surface area contributed by atoms with Gasteiger partial charge in [-0.1, -0.05) is 12.2 Å². The molecule has 2 aromatic heterocycles. The van der Waals surface area contributed by atoms with Crippen molar-refractivity contribution in [2.75, 3.05) is 11.9 Å². The molecular weight excluding hydrogens is 264 g/mol. The Morgan fingerprint density at radius 3 is 2.89 bits per heavy atom. The fourth-order valence-electron chi connectivity index (χ4n) is 1.58. The summed E-state index contributed by atoms with van der Waals surface area (Å²) < 4.78 is 0. The molecule has 0 fully saturated rings. The maximum Gasteiger partial charge on any atom is 0.122 e. The molecule has 0 bridgehead atoms. The molecule has 0 amide bonds. The quantitative estimate of drug-likeness (QED) is 0.868. The van der Waals surface area contributed by atoms with Crippen LogP contribution in [0.1, 0.15) is 16.3 Å². The number of aryl methyl sites for hydroxylation is 1. The van der Waals surface area contributed by atoms with Gasteiger partial charge in [0.2, 0.25) is 0 Å². The van der Waals surface area contributed by atoms with Crippen LogP contribution in [0.3, 0.4) is 0 Å². The van der Waals surface area contributed by atoms with E-state index in [1.165, 1.54) is 4.88 Å². The van der Waals surface area contributed by atoms with Crippen LogP contribution in [0.15, 0.2) is 23.8 Å². The maximum atomic E-state index is 5.59. The van der Waals surface area contributed by atoms with Crippen LogP contribution in [0.4, 0.5) is 5.69 Å². The van der Waals surface area contributed by atoms with Crippen molar-refractivity contribution < 1.29 is 0 Å². The molecule has 0 aromatic carbocycles. The molecular formula is C12H14N4S2. The van der Waals surface area contributed by atoms with Gasteiger partial charge in [0, 0.05) is 23.8 Å². The molecule has 0 spiro atoms. The lowest BCUT2D eigenvalue weighted by Gasteiger charge is -2.19. The Morgan fingerprint density at radius 2 is 2.28 bits per heavy atom. The Labute approximate surface area is 115 Å². The number of nitrogens with two attached hydrogens (primary N) is 1. The second-order valence-electron chi connectivity index (χ2n) is 3.98. The van der Waals surface area contributed by atoms with E-state index in [4.69, 9.17) is 18.0 Å². The zero-order valence-corrected chi connectivity index (χ0v) is 11.9. The number of hydrogen-bond donors (Lipinski definition) is 1. The smallest absolute Gasteiger partial charge is 0.122 e. The Morgan fingerprint density at radius 1 is 1.50 bits per heavy atom. The van der Waals surface area contributed by atoms with Crippen molar-refractivity contribution in [2.24, 2.45) is 5.73 Å². The number of hydrogen-bond acceptors (Lipinski definition) is 5. The van der Waals surface area contributed by atoms with Gasteiger partial charge in [-0.25, -0.2) is 4.98 Å². The van der Waals surface area contributed by atoms with Crippen LogP contribution >= 0.6 is 23.6 Å². The van der Waals surface area contributed by atoms with Gasteiger partial charge in [0.15, 0.2) is 0 Å². The average molecular weight is 278 g/mol. The fourth-order valence-corrected chi connectivity index (χ4v) is 2.52. The number of rotatable bonds is 4. The van der Waals surface area contributed by atoms with Crippen molar-refractivity contribution in [1.82, 2.24) is 9.97 Å². The van der Waals surface area contributed by atoms with Gasteiger partial charge in [0.1, 0.15) is 4.99 Å². The van der Waals surface area contributed by atoms with E-state index in [0.717, 1.165) is 17.9 Å². The molecule has 94 valence electrons. The van der Waals surface area contributed by atoms with Crippen molar-refractivity contribution in [3.8, 4) is 0 Å². The van der Waals surface area contributed by atoms with Crippen LogP contribution in [0, 0.1) is 6.92 Å². The number of pyridine rings is 1. The molecule has 0 radical (unpaired) electrons. The normalized spacial score (nSPS) is 10.3. The van der Waals surface area contributed by atoms with Crippen LogP contribution in [-0.2, 0) is 6.54 Å². The van der Waals surface area contributed by atoms with Crippen LogP contribution < -0.4 is 10.6 Å². The standard InChI is InChI=1S/C12H14N4S2/c1-8-11(18-7-15-8)6-16(2)9-3-4-14-10(5-9)12(13)17/h3-5,7H,6H2,1-2H3,(H2,13,17). The first-order valence-corrected chi connectivity index (χ1v) is 6.72. The average Bonchev–Trinajstić information content (AvgIpc) is 2.75. The molecule has 2 N–H and O–H groups in total. The molecule has 0 aliphatic heterocycles. The van der Waals surface area contributed by atoms with Crippen molar-refractivity contribution in [3.05, 3.63) is 40.1 Å². The molecule has 4 nitrogen and oxygen atoms in total. The maximum absolute atomic E-state index is 5.59. The molecule has 0 atom stereocenters. The third kappa shape index (κ3) is 2.83. The van der Waals surface area contributed by atoms with Crippen LogP contribution in [-0.4, -0.2) is 22.0 Å². The molecule has 2 aromatic rings. The highest BCUT2D eigenvalue weighted by Gasteiger charge is 2.08. The minimum Gasteiger partial charge on any atom is -0.388 e. The molecule has 2 heterocycles. The first-order chi connectivity index (χ1) is 8.58. The predicted octanol–water partition coefficient (Wildman–Crippen LogP) is 2.12. The van der Waals surface area contributed by atoms with E-state index in [1.54, 1.807) is 17.5 Å². The monoisotopic (exact) mass is 278 g/mol. The minimum atomic E-state index is 0.319. The van der Waals surface area contributed by atoms with Gasteiger partial charge in [-0.15, -0.1) is 11.3 Å². The van der Waals surface area contributed by atoms with Crippen molar-refractivity contribution >= 4 is 34.2 Å². The Kier molecular flexibility index (Phi) is 3.88. The zero-order valence-electron chi connectivity index (χ0n) is 10.3. The second kappa shape index (κ2) is 5.41. The molecule has 0 aliphatic rings. The Balaban J connectivity index is 2.18. The van der Waals surface area contributed by atoms with Gasteiger partial charge in [0.25, 0.3) is 0 Å². The lowest BCUT2D eigenvalue weighted by Crippen LogP contribution is -2.18. The summed E-state index contributed by atoms with van der Waals surface area (Å²) in [6, 6.07) is 3.84. The summed E-state index contributed by atoms with van der Waals surface area (Å²) in [5, 5.41) is 0. The number of anilines is 1. The fraction of sp³-hybridized carbons (Fsp3) is 0.250. The predicted molar refractivity (Wildman–Crippen MR) is 79.1 cm³/mol. The molecule has 0 saturated carbocycles. The van der Waals surface area contributed by atoms with Gasteiger partial charge in [-0.05, 0) is 19.1 Å². The Bertz CT molecular complexity index is 565. The van der Waals surface area contributed by atoms with E-state index < -0.39 is 0 Å². The summed E-state index contributed by atoms with van der Waals surface area (Å²) in [7, 11) is 2.03. The third-order valence-corrected chi connectivity index (χ3v) is 3.79. The first-order valence-electron chi connectivity index (χ1n) is 5.44. The number of thiazole rings is 1. The van der Waals surface area contributed by atoms with E-state index in [2.05, 4.69) is 14.9 Å². The molecule has 0 unspecified atom stereocenters. The lowest BCUT2D eigenvalue weighted by molar-refractivity contribution is 0.923. The van der Waals surface area contributed by atoms with E-state index in [-0.39, 0.29) is 0 Å². The second-order valence-corrected chi connectivity index (χ2v) is 5.36. The third-order valence-electron chi connectivity index (χ3n) is 2.66. The molecule has 2 rings (SSSR count). The van der Waals surface area contributed by atoms with Crippen molar-refractivity contribution in [3.63, 3.8) is 0 Å². The van der Waals surface area contributed by atoms with Crippen LogP contribution in [0.2, 0.25) is 0 Å². The van der Waals surface area contributed by atoms with E-state index in [0.29, 0.717) is 10.7 Å². The highest BCUT2D eigenvalue weighted by atomic mass is 32.1. The molecule has 0 saturated heterocycles. The van der Waals surface area contributed by atoms with Gasteiger partial charge in [-0.3, -0.25) is 4.98 Å². The summed E-state index contributed by atoms with van der Waals surface area (Å²) in [6.07, 6.45) is 1.72. The summed E-state index contributed by atoms with van der Waals surface area (Å²) >= 11 is 6.60. The van der Waals surface area contributed by atoms with Crippen molar-refractivity contribution in [2.45, 2.75) is 13.5 Å². The van der Waals surface area contributed by atoms with Crippen molar-refractivity contribution in [1.29, 1.82) is 0 Å². The summed E-state index contributed by atoms with van der Waals surface area (Å²) in [5.74, 6) is 0. The van der Waals surface area contributed by atoms with E-state index in [1.807, 2.05) is 31.6 Å². The van der Waals surface area contributed by atoms with E-state index in [9.17, 15) is 0 Å². The summed E-state index contributed by atoms with van der Waals surface area (Å²) in [5.41, 5.74) is 10.2. The van der Waals surface area contributed by atoms with Crippen LogP contribution in [0.5, 0.6) is 0 Å². The highest BCUT2D eigenvalue weighted by Crippen LogP contribution is 2.19. The lowest BCUT2D eigenvalue weighted by atomic mass is 10.3. The van der Waals surface area contributed by atoms with Crippen LogP contribution in [0.25, 0.3) is 0 Å². The van der Waals surface area contributed by atoms with Gasteiger partial charge >= 0.3 is 0 Å². The van der Waals surface area contributed by atoms with E-state index >= 15 is 0 Å². The topological polar surface area (TPSA) is 55.0 Å². The summed E-state index contributed by atoms with van der Waals surface area (Å²) in [6.45, 7) is 2.84. The van der Waals surface area contributed by atoms with Gasteiger partial charge in [0.05, 0.1) is 23.4 Å². The molecule has 6 heteroatoms. The molecule has 0 aliphatic carbocycles. The highest BCUT2D eigenvalue weighted by molar-refractivity contribution is 7.80. The number of nitrogens with zero attached hydrogens (tertiary/aromatic N) is 3.